The van der Waals surface area contributed by atoms with Crippen LogP contribution in [0, 0.1) is 6.92 Å². The molecule has 206 valence electrons. The summed E-state index contributed by atoms with van der Waals surface area (Å²) in [6.07, 6.45) is 0.878. The molecule has 0 unspecified atom stereocenters. The van der Waals surface area contributed by atoms with Crippen molar-refractivity contribution in [3.8, 4) is 23.0 Å². The standard InChI is InChI=1S/C34H30N2O5/c1-23-30(36-33(40-23)26-12-6-3-7-13-26)20-21-39-27-18-16-24(17-19-27)22-29(35)34(38)41-31-15-9-8-14-28(31)32(37)25-10-4-2-5-11-25/h2-19,29H,20-22,35H2,1H3/t29-/m0/s1. The number of hydrogen-bond donors (Lipinski definition) is 1. The summed E-state index contributed by atoms with van der Waals surface area (Å²) < 4.78 is 17.3. The fourth-order valence-corrected chi connectivity index (χ4v) is 4.36. The third kappa shape index (κ3) is 6.96. The summed E-state index contributed by atoms with van der Waals surface area (Å²) >= 11 is 0. The highest BCUT2D eigenvalue weighted by molar-refractivity contribution is 6.11. The van der Waals surface area contributed by atoms with Crippen LogP contribution in [0.2, 0.25) is 0 Å². The second kappa shape index (κ2) is 12.9. The number of hydrogen-bond acceptors (Lipinski definition) is 7. The quantitative estimate of drug-likeness (QED) is 0.123. The Balaban J connectivity index is 1.13. The molecule has 0 saturated heterocycles. The molecule has 0 aliphatic carbocycles. The normalized spacial score (nSPS) is 11.6. The van der Waals surface area contributed by atoms with Crippen LogP contribution in [0.15, 0.2) is 114 Å². The molecule has 0 aliphatic heterocycles. The summed E-state index contributed by atoms with van der Waals surface area (Å²) in [6, 6.07) is 31.8. The first-order valence-corrected chi connectivity index (χ1v) is 13.4. The van der Waals surface area contributed by atoms with Crippen LogP contribution in [0.5, 0.6) is 11.5 Å². The van der Waals surface area contributed by atoms with Gasteiger partial charge in [0.25, 0.3) is 0 Å². The highest BCUT2D eigenvalue weighted by atomic mass is 16.5. The summed E-state index contributed by atoms with van der Waals surface area (Å²) in [6.45, 7) is 2.34. The minimum Gasteiger partial charge on any atom is -0.493 e. The molecule has 0 bridgehead atoms. The van der Waals surface area contributed by atoms with Gasteiger partial charge in [-0.3, -0.25) is 4.79 Å². The van der Waals surface area contributed by atoms with Crippen LogP contribution >= 0.6 is 0 Å². The van der Waals surface area contributed by atoms with Crippen molar-refractivity contribution in [1.82, 2.24) is 4.98 Å². The van der Waals surface area contributed by atoms with Crippen LogP contribution in [0.25, 0.3) is 11.5 Å². The molecule has 0 spiro atoms. The van der Waals surface area contributed by atoms with Gasteiger partial charge in [-0.25, -0.2) is 9.78 Å². The van der Waals surface area contributed by atoms with Crippen LogP contribution in [0.3, 0.4) is 0 Å². The van der Waals surface area contributed by atoms with Crippen molar-refractivity contribution in [2.75, 3.05) is 6.61 Å². The SMILES string of the molecule is Cc1oc(-c2ccccc2)nc1CCOc1ccc(C[C@H](N)C(=O)Oc2ccccc2C(=O)c2ccccc2)cc1. The van der Waals surface area contributed by atoms with Gasteiger partial charge in [-0.2, -0.15) is 0 Å². The molecule has 0 amide bonds. The Morgan fingerprint density at radius 1 is 0.854 bits per heavy atom. The van der Waals surface area contributed by atoms with E-state index in [2.05, 4.69) is 4.98 Å². The highest BCUT2D eigenvalue weighted by Crippen LogP contribution is 2.24. The molecule has 41 heavy (non-hydrogen) atoms. The van der Waals surface area contributed by atoms with Gasteiger partial charge in [0.05, 0.1) is 17.9 Å². The van der Waals surface area contributed by atoms with Crippen LogP contribution in [-0.2, 0) is 17.6 Å². The number of rotatable bonds is 11. The lowest BCUT2D eigenvalue weighted by atomic mass is 10.0. The number of ketones is 1. The third-order valence-corrected chi connectivity index (χ3v) is 6.58. The number of benzene rings is 4. The number of aromatic nitrogens is 1. The topological polar surface area (TPSA) is 105 Å². The first kappa shape index (κ1) is 27.6. The first-order chi connectivity index (χ1) is 20.0. The number of esters is 1. The number of aryl methyl sites for hydroxylation is 1. The highest BCUT2D eigenvalue weighted by Gasteiger charge is 2.21. The molecule has 1 aromatic heterocycles. The van der Waals surface area contributed by atoms with Crippen molar-refractivity contribution in [3.63, 3.8) is 0 Å². The number of nitrogens with zero attached hydrogens (tertiary/aromatic N) is 1. The molecular weight excluding hydrogens is 516 g/mol. The van der Waals surface area contributed by atoms with E-state index in [1.165, 1.54) is 0 Å². The fraction of sp³-hybridized carbons (Fsp3) is 0.147. The molecule has 1 atom stereocenters. The Labute approximate surface area is 238 Å². The molecule has 7 heteroatoms. The van der Waals surface area contributed by atoms with E-state index in [-0.39, 0.29) is 18.0 Å². The molecule has 5 rings (SSSR count). The van der Waals surface area contributed by atoms with Gasteiger partial charge in [0.1, 0.15) is 23.3 Å². The zero-order valence-corrected chi connectivity index (χ0v) is 22.7. The van der Waals surface area contributed by atoms with Gasteiger partial charge < -0.3 is 19.6 Å². The molecule has 7 nitrogen and oxygen atoms in total. The van der Waals surface area contributed by atoms with Crippen molar-refractivity contribution >= 4 is 11.8 Å². The van der Waals surface area contributed by atoms with E-state index in [1.54, 1.807) is 48.5 Å². The number of para-hydroxylation sites is 1. The zero-order valence-electron chi connectivity index (χ0n) is 22.7. The molecule has 0 radical (unpaired) electrons. The fourth-order valence-electron chi connectivity index (χ4n) is 4.36. The Hall–Kier alpha value is -5.01. The number of carbonyl (C=O) groups is 2. The van der Waals surface area contributed by atoms with Crippen molar-refractivity contribution in [3.05, 3.63) is 137 Å². The minimum absolute atomic E-state index is 0.184. The largest absolute Gasteiger partial charge is 0.493 e. The van der Waals surface area contributed by atoms with Crippen LogP contribution in [0.1, 0.15) is 32.9 Å². The summed E-state index contributed by atoms with van der Waals surface area (Å²) in [5.41, 5.74) is 9.63. The minimum atomic E-state index is -0.907. The molecule has 2 N–H and O–H groups in total. The Morgan fingerprint density at radius 3 is 2.24 bits per heavy atom. The maximum absolute atomic E-state index is 12.9. The Kier molecular flexibility index (Phi) is 8.67. The molecule has 1 heterocycles. The van der Waals surface area contributed by atoms with E-state index in [1.807, 2.05) is 67.6 Å². The van der Waals surface area contributed by atoms with E-state index in [0.29, 0.717) is 35.8 Å². The smallest absolute Gasteiger partial charge is 0.328 e. The Bertz CT molecular complexity index is 1610. The average Bonchev–Trinajstić information content (AvgIpc) is 3.39. The van der Waals surface area contributed by atoms with Gasteiger partial charge in [-0.05, 0) is 55.3 Å². The van der Waals surface area contributed by atoms with Gasteiger partial charge in [0.2, 0.25) is 5.89 Å². The maximum Gasteiger partial charge on any atom is 0.328 e. The second-order valence-electron chi connectivity index (χ2n) is 9.55. The lowest BCUT2D eigenvalue weighted by Gasteiger charge is -2.14. The van der Waals surface area contributed by atoms with E-state index >= 15 is 0 Å². The monoisotopic (exact) mass is 546 g/mol. The summed E-state index contributed by atoms with van der Waals surface area (Å²) in [5.74, 6) is 1.41. The summed E-state index contributed by atoms with van der Waals surface area (Å²) in [4.78, 5) is 30.3. The zero-order chi connectivity index (χ0) is 28.6. The van der Waals surface area contributed by atoms with Crippen LogP contribution in [0.4, 0.5) is 0 Å². The first-order valence-electron chi connectivity index (χ1n) is 13.4. The second-order valence-corrected chi connectivity index (χ2v) is 9.55. The molecular formula is C34H30N2O5. The number of nitrogens with two attached hydrogens (primary N) is 1. The van der Waals surface area contributed by atoms with Crippen LogP contribution in [-0.4, -0.2) is 29.4 Å². The van der Waals surface area contributed by atoms with Crippen molar-refractivity contribution in [2.45, 2.75) is 25.8 Å². The van der Waals surface area contributed by atoms with Crippen molar-refractivity contribution in [1.29, 1.82) is 0 Å². The van der Waals surface area contributed by atoms with Gasteiger partial charge in [0.15, 0.2) is 5.78 Å². The third-order valence-electron chi connectivity index (χ3n) is 6.58. The predicted octanol–water partition coefficient (Wildman–Crippen LogP) is 5.98. The van der Waals surface area contributed by atoms with Crippen LogP contribution < -0.4 is 15.2 Å². The van der Waals surface area contributed by atoms with Crippen molar-refractivity contribution < 1.29 is 23.5 Å². The summed E-state index contributed by atoms with van der Waals surface area (Å²) in [7, 11) is 0. The van der Waals surface area contributed by atoms with E-state index < -0.39 is 12.0 Å². The predicted molar refractivity (Wildman–Crippen MR) is 156 cm³/mol. The molecule has 0 aliphatic rings. The van der Waals surface area contributed by atoms with Crippen molar-refractivity contribution in [2.24, 2.45) is 5.73 Å². The molecule has 0 saturated carbocycles. The summed E-state index contributed by atoms with van der Waals surface area (Å²) in [5, 5.41) is 0. The molecule has 5 aromatic rings. The lowest BCUT2D eigenvalue weighted by molar-refractivity contribution is -0.135. The number of oxazole rings is 1. The molecule has 4 aromatic carbocycles. The number of carbonyl (C=O) groups excluding carboxylic acids is 2. The van der Waals surface area contributed by atoms with E-state index in [4.69, 9.17) is 19.6 Å². The number of ether oxygens (including phenoxy) is 2. The average molecular weight is 547 g/mol. The van der Waals surface area contributed by atoms with Gasteiger partial charge in [0, 0.05) is 17.5 Å². The van der Waals surface area contributed by atoms with Gasteiger partial charge >= 0.3 is 5.97 Å². The van der Waals surface area contributed by atoms with Gasteiger partial charge in [-0.15, -0.1) is 0 Å². The maximum atomic E-state index is 12.9. The lowest BCUT2D eigenvalue weighted by Crippen LogP contribution is -2.36. The van der Waals surface area contributed by atoms with E-state index in [9.17, 15) is 9.59 Å². The molecule has 0 fully saturated rings. The van der Waals surface area contributed by atoms with E-state index in [0.717, 1.165) is 22.6 Å². The Morgan fingerprint density at radius 2 is 1.51 bits per heavy atom. The van der Waals surface area contributed by atoms with Gasteiger partial charge in [-0.1, -0.05) is 72.8 Å².